The van der Waals surface area contributed by atoms with E-state index in [1.54, 1.807) is 0 Å². The van der Waals surface area contributed by atoms with Gasteiger partial charge in [-0.15, -0.1) is 0 Å². The molecule has 0 rings (SSSR count). The molecule has 0 aliphatic carbocycles. The lowest BCUT2D eigenvalue weighted by Crippen LogP contribution is -2.46. The molecule has 3 atom stereocenters. The van der Waals surface area contributed by atoms with Gasteiger partial charge in [-0.1, -0.05) is 0 Å². The summed E-state index contributed by atoms with van der Waals surface area (Å²) in [5.74, 6) is -1.55. The molecule has 0 amide bonds. The number of nitrogens with zero attached hydrogens (tertiary/aromatic N) is 1. The van der Waals surface area contributed by atoms with E-state index in [1.807, 2.05) is 0 Å². The lowest BCUT2D eigenvalue weighted by Gasteiger charge is -2.20. The third-order valence-electron chi connectivity index (χ3n) is 2.01. The molecule has 0 spiro atoms. The molecule has 8 heteroatoms. The van der Waals surface area contributed by atoms with Crippen LogP contribution < -0.4 is 17.2 Å². The average Bonchev–Trinajstić information content (AvgIpc) is 2.21. The van der Waals surface area contributed by atoms with Crippen molar-refractivity contribution < 1.29 is 20.1 Å². The molecular formula is C8H18N4O4. The number of guanidine groups is 1. The minimum Gasteiger partial charge on any atom is -0.479 e. The Morgan fingerprint density at radius 1 is 1.31 bits per heavy atom. The van der Waals surface area contributed by atoms with Crippen molar-refractivity contribution in [2.45, 2.75) is 31.1 Å². The summed E-state index contributed by atoms with van der Waals surface area (Å²) in [5, 5.41) is 26.8. The highest BCUT2D eigenvalue weighted by atomic mass is 16.4. The van der Waals surface area contributed by atoms with Crippen LogP contribution in [0.4, 0.5) is 0 Å². The third-order valence-corrected chi connectivity index (χ3v) is 2.01. The van der Waals surface area contributed by atoms with Crippen LogP contribution in [-0.2, 0) is 4.79 Å². The van der Waals surface area contributed by atoms with Gasteiger partial charge in [0.2, 0.25) is 0 Å². The van der Waals surface area contributed by atoms with Crippen molar-refractivity contribution in [3.8, 4) is 0 Å². The van der Waals surface area contributed by atoms with Crippen LogP contribution in [0.5, 0.6) is 0 Å². The van der Waals surface area contributed by atoms with Gasteiger partial charge in [0, 0.05) is 12.6 Å². The number of carboxylic acids is 1. The minimum atomic E-state index is -1.88. The maximum atomic E-state index is 10.3. The lowest BCUT2D eigenvalue weighted by molar-refractivity contribution is -0.153. The summed E-state index contributed by atoms with van der Waals surface area (Å²) in [6.45, 7) is 0.339. The van der Waals surface area contributed by atoms with Gasteiger partial charge < -0.3 is 32.5 Å². The van der Waals surface area contributed by atoms with Gasteiger partial charge in [-0.05, 0) is 12.8 Å². The number of hydrogen-bond donors (Lipinski definition) is 6. The van der Waals surface area contributed by atoms with Crippen LogP contribution in [0.1, 0.15) is 12.8 Å². The zero-order valence-electron chi connectivity index (χ0n) is 8.78. The molecule has 0 radical (unpaired) electrons. The molecular weight excluding hydrogens is 216 g/mol. The van der Waals surface area contributed by atoms with Crippen molar-refractivity contribution in [2.75, 3.05) is 6.54 Å². The molecule has 9 N–H and O–H groups in total. The molecule has 0 saturated carbocycles. The van der Waals surface area contributed by atoms with Crippen molar-refractivity contribution in [2.24, 2.45) is 22.2 Å². The van der Waals surface area contributed by atoms with Crippen LogP contribution in [0.3, 0.4) is 0 Å². The highest BCUT2D eigenvalue weighted by Gasteiger charge is 2.28. The zero-order chi connectivity index (χ0) is 12.7. The molecule has 3 unspecified atom stereocenters. The predicted molar refractivity (Wildman–Crippen MR) is 57.5 cm³/mol. The molecule has 8 nitrogen and oxygen atoms in total. The Labute approximate surface area is 92.8 Å². The number of hydrogen-bond acceptors (Lipinski definition) is 5. The molecule has 0 fully saturated rings. The van der Waals surface area contributed by atoms with Gasteiger partial charge in [0.15, 0.2) is 12.1 Å². The number of aliphatic hydroxyl groups is 2. The summed E-state index contributed by atoms with van der Waals surface area (Å²) in [6.07, 6.45) is -2.58. The maximum Gasteiger partial charge on any atom is 0.335 e. The smallest absolute Gasteiger partial charge is 0.335 e. The SMILES string of the molecule is NC(N)=NCCCC(N)C(O)C(O)C(=O)O. The number of rotatable bonds is 7. The van der Waals surface area contributed by atoms with Crippen LogP contribution in [0, 0.1) is 0 Å². The molecule has 0 aromatic carbocycles. The summed E-state index contributed by atoms with van der Waals surface area (Å²) < 4.78 is 0. The molecule has 0 aromatic heterocycles. The van der Waals surface area contributed by atoms with Gasteiger partial charge in [-0.2, -0.15) is 0 Å². The quantitative estimate of drug-likeness (QED) is 0.157. The fourth-order valence-corrected chi connectivity index (χ4v) is 1.09. The highest BCUT2D eigenvalue weighted by Crippen LogP contribution is 2.05. The number of aliphatic carboxylic acids is 1. The van der Waals surface area contributed by atoms with E-state index in [4.69, 9.17) is 27.4 Å². The number of aliphatic imine (C=N–C) groups is 1. The van der Waals surface area contributed by atoms with Crippen LogP contribution in [-0.4, -0.2) is 52.0 Å². The zero-order valence-corrected chi connectivity index (χ0v) is 8.78. The first-order chi connectivity index (χ1) is 7.36. The molecule has 0 aliphatic heterocycles. The second kappa shape index (κ2) is 6.99. The normalized spacial score (nSPS) is 16.2. The van der Waals surface area contributed by atoms with Gasteiger partial charge in [-0.25, -0.2) is 4.79 Å². The fourth-order valence-electron chi connectivity index (χ4n) is 1.09. The van der Waals surface area contributed by atoms with Crippen molar-refractivity contribution in [1.82, 2.24) is 0 Å². The fraction of sp³-hybridized carbons (Fsp3) is 0.750. The molecule has 94 valence electrons. The first kappa shape index (κ1) is 14.6. The van der Waals surface area contributed by atoms with E-state index in [0.29, 0.717) is 19.4 Å². The van der Waals surface area contributed by atoms with Gasteiger partial charge in [-0.3, -0.25) is 4.99 Å². The van der Waals surface area contributed by atoms with E-state index < -0.39 is 24.2 Å². The standard InChI is InChI=1S/C8H18N4O4/c9-4(2-1-3-12-8(10)11)5(13)6(14)7(15)16/h4-6,13-14H,1-3,9H2,(H,15,16)(H4,10,11,12). The van der Waals surface area contributed by atoms with E-state index in [-0.39, 0.29) is 5.96 Å². The van der Waals surface area contributed by atoms with Crippen LogP contribution in [0.2, 0.25) is 0 Å². The second-order valence-electron chi connectivity index (χ2n) is 3.39. The summed E-state index contributed by atoms with van der Waals surface area (Å²) in [6, 6.07) is -0.833. The van der Waals surface area contributed by atoms with E-state index in [1.165, 1.54) is 0 Å². The summed E-state index contributed by atoms with van der Waals surface area (Å²) >= 11 is 0. The summed E-state index contributed by atoms with van der Waals surface area (Å²) in [4.78, 5) is 14.0. The number of carbonyl (C=O) groups is 1. The van der Waals surface area contributed by atoms with Crippen LogP contribution >= 0.6 is 0 Å². The van der Waals surface area contributed by atoms with Crippen molar-refractivity contribution >= 4 is 11.9 Å². The molecule has 0 aromatic rings. The van der Waals surface area contributed by atoms with Gasteiger partial charge in [0.25, 0.3) is 0 Å². The van der Waals surface area contributed by atoms with Crippen molar-refractivity contribution in [1.29, 1.82) is 0 Å². The predicted octanol–water partition coefficient (Wildman–Crippen LogP) is -2.83. The first-order valence-corrected chi connectivity index (χ1v) is 4.76. The third kappa shape index (κ3) is 5.49. The van der Waals surface area contributed by atoms with E-state index in [0.717, 1.165) is 0 Å². The Morgan fingerprint density at radius 2 is 1.88 bits per heavy atom. The van der Waals surface area contributed by atoms with Crippen molar-refractivity contribution in [3.05, 3.63) is 0 Å². The molecule has 0 bridgehead atoms. The lowest BCUT2D eigenvalue weighted by atomic mass is 10.0. The Morgan fingerprint density at radius 3 is 2.31 bits per heavy atom. The largest absolute Gasteiger partial charge is 0.479 e. The van der Waals surface area contributed by atoms with E-state index in [2.05, 4.69) is 4.99 Å². The molecule has 16 heavy (non-hydrogen) atoms. The Hall–Kier alpha value is -1.38. The topological polar surface area (TPSA) is 168 Å². The highest BCUT2D eigenvalue weighted by molar-refractivity contribution is 5.75. The van der Waals surface area contributed by atoms with Crippen molar-refractivity contribution in [3.63, 3.8) is 0 Å². The minimum absolute atomic E-state index is 0.0420. The van der Waals surface area contributed by atoms with Crippen LogP contribution in [0.15, 0.2) is 4.99 Å². The van der Waals surface area contributed by atoms with Gasteiger partial charge >= 0.3 is 5.97 Å². The number of carboxylic acid groups (broad SMARTS) is 1. The second-order valence-corrected chi connectivity index (χ2v) is 3.39. The van der Waals surface area contributed by atoms with E-state index >= 15 is 0 Å². The molecule has 0 saturated heterocycles. The summed E-state index contributed by atoms with van der Waals surface area (Å²) in [7, 11) is 0. The Bertz CT molecular complexity index is 254. The summed E-state index contributed by atoms with van der Waals surface area (Å²) in [5.41, 5.74) is 15.7. The van der Waals surface area contributed by atoms with E-state index in [9.17, 15) is 9.90 Å². The van der Waals surface area contributed by atoms with Crippen LogP contribution in [0.25, 0.3) is 0 Å². The Kier molecular flexibility index (Phi) is 6.38. The first-order valence-electron chi connectivity index (χ1n) is 4.76. The number of nitrogens with two attached hydrogens (primary N) is 3. The molecule has 0 heterocycles. The monoisotopic (exact) mass is 234 g/mol. The number of aliphatic hydroxyl groups excluding tert-OH is 2. The van der Waals surface area contributed by atoms with Gasteiger partial charge in [0.1, 0.15) is 6.10 Å². The maximum absolute atomic E-state index is 10.3. The average molecular weight is 234 g/mol. The van der Waals surface area contributed by atoms with Gasteiger partial charge in [0.05, 0.1) is 0 Å². The molecule has 0 aliphatic rings. The Balaban J connectivity index is 3.92.